The summed E-state index contributed by atoms with van der Waals surface area (Å²) in [6.45, 7) is 8.65. The lowest BCUT2D eigenvalue weighted by molar-refractivity contribution is 0.148. The van der Waals surface area contributed by atoms with E-state index < -0.39 is 6.43 Å². The molecule has 4 nitrogen and oxygen atoms in total. The molecule has 0 aliphatic heterocycles. The number of benzene rings is 1. The second-order valence-electron chi connectivity index (χ2n) is 5.61. The first kappa shape index (κ1) is 19.4. The number of rotatable bonds is 6. The summed E-state index contributed by atoms with van der Waals surface area (Å²) < 4.78 is 28.0. The minimum Gasteiger partial charge on any atom is -0.323 e. The van der Waals surface area contributed by atoms with Crippen molar-refractivity contribution in [2.75, 3.05) is 13.1 Å². The number of hydrogen-bond donors (Lipinski definition) is 0. The van der Waals surface area contributed by atoms with Crippen LogP contribution in [0, 0.1) is 6.92 Å². The Hall–Kier alpha value is -1.89. The second kappa shape index (κ2) is 8.47. The van der Waals surface area contributed by atoms with Crippen LogP contribution >= 0.6 is 11.8 Å². The minimum absolute atomic E-state index is 0.180. The van der Waals surface area contributed by atoms with E-state index in [-0.39, 0.29) is 16.6 Å². The van der Waals surface area contributed by atoms with Crippen LogP contribution in [0.15, 0.2) is 34.3 Å². The van der Waals surface area contributed by atoms with Crippen LogP contribution in [-0.2, 0) is 6.42 Å². The average Bonchev–Trinajstić information content (AvgIpc) is 3.02. The van der Waals surface area contributed by atoms with Crippen LogP contribution in [-0.4, -0.2) is 33.8 Å². The summed E-state index contributed by atoms with van der Waals surface area (Å²) in [5.41, 5.74) is 1.87. The zero-order chi connectivity index (χ0) is 18.6. The van der Waals surface area contributed by atoms with E-state index in [2.05, 4.69) is 5.10 Å². The van der Waals surface area contributed by atoms with Crippen LogP contribution in [0.3, 0.4) is 0 Å². The van der Waals surface area contributed by atoms with Gasteiger partial charge in [-0.3, -0.25) is 0 Å². The maximum atomic E-state index is 13.5. The van der Waals surface area contributed by atoms with E-state index >= 15 is 0 Å². The molecule has 1 aromatic carbocycles. The molecule has 0 fully saturated rings. The molecule has 1 aromatic heterocycles. The Balaban J connectivity index is 2.43. The molecule has 2 aromatic rings. The first-order valence-corrected chi connectivity index (χ1v) is 9.17. The molecular weight excluding hydrogens is 344 g/mol. The monoisotopic (exact) mass is 367 g/mol. The van der Waals surface area contributed by atoms with E-state index in [0.717, 1.165) is 33.3 Å². The molecule has 2 rings (SSSR count). The Morgan fingerprint density at radius 3 is 2.52 bits per heavy atom. The Labute approximate surface area is 151 Å². The number of aromatic nitrogens is 2. The van der Waals surface area contributed by atoms with Gasteiger partial charge in [-0.25, -0.2) is 13.6 Å². The third kappa shape index (κ3) is 4.21. The Morgan fingerprint density at radius 1 is 1.28 bits per heavy atom. The van der Waals surface area contributed by atoms with Gasteiger partial charge in [0.2, 0.25) is 0 Å². The van der Waals surface area contributed by atoms with Crippen molar-refractivity contribution in [3.8, 4) is 0 Å². The standard InChI is InChI=1S/C18H23F2N3OS/c1-5-13-10-8-9-12(4)15(13)25-17-14(16(19)20)11-23(21-17)18(24)22(6-2)7-3/h8-11,16H,5-7H2,1-4H3. The highest BCUT2D eigenvalue weighted by molar-refractivity contribution is 7.99. The molecule has 25 heavy (non-hydrogen) atoms. The Morgan fingerprint density at radius 2 is 1.96 bits per heavy atom. The number of aryl methyl sites for hydroxylation is 2. The van der Waals surface area contributed by atoms with E-state index in [9.17, 15) is 13.6 Å². The molecule has 7 heteroatoms. The van der Waals surface area contributed by atoms with E-state index in [4.69, 9.17) is 0 Å². The molecule has 0 radical (unpaired) electrons. The van der Waals surface area contributed by atoms with Gasteiger partial charge in [-0.15, -0.1) is 0 Å². The fourth-order valence-corrected chi connectivity index (χ4v) is 3.73. The molecule has 1 amide bonds. The number of hydrogen-bond acceptors (Lipinski definition) is 3. The SMILES string of the molecule is CCc1cccc(C)c1Sc1nn(C(=O)N(CC)CC)cc1C(F)F. The summed E-state index contributed by atoms with van der Waals surface area (Å²) in [6.07, 6.45) is -0.736. The number of alkyl halides is 2. The van der Waals surface area contributed by atoms with E-state index in [1.807, 2.05) is 45.9 Å². The van der Waals surface area contributed by atoms with Crippen molar-refractivity contribution in [3.63, 3.8) is 0 Å². The zero-order valence-corrected chi connectivity index (χ0v) is 15.7. The van der Waals surface area contributed by atoms with Crippen LogP contribution in [0.2, 0.25) is 0 Å². The van der Waals surface area contributed by atoms with Gasteiger partial charge in [-0.1, -0.05) is 36.9 Å². The quantitative estimate of drug-likeness (QED) is 0.708. The third-order valence-corrected chi connectivity index (χ3v) is 5.34. The van der Waals surface area contributed by atoms with E-state index in [1.54, 1.807) is 4.90 Å². The van der Waals surface area contributed by atoms with Crippen molar-refractivity contribution in [3.05, 3.63) is 41.1 Å². The molecule has 0 saturated heterocycles. The first-order valence-electron chi connectivity index (χ1n) is 8.36. The van der Waals surface area contributed by atoms with Gasteiger partial charge in [0.1, 0.15) is 5.03 Å². The largest absolute Gasteiger partial charge is 0.344 e. The molecule has 0 bridgehead atoms. The van der Waals surface area contributed by atoms with Crippen molar-refractivity contribution in [1.29, 1.82) is 0 Å². The minimum atomic E-state index is -2.69. The van der Waals surface area contributed by atoms with E-state index in [0.29, 0.717) is 13.1 Å². The van der Waals surface area contributed by atoms with Gasteiger partial charge in [-0.2, -0.15) is 9.78 Å². The lowest BCUT2D eigenvalue weighted by Crippen LogP contribution is -2.34. The maximum Gasteiger partial charge on any atom is 0.344 e. The summed E-state index contributed by atoms with van der Waals surface area (Å²) in [4.78, 5) is 14.9. The smallest absolute Gasteiger partial charge is 0.323 e. The van der Waals surface area contributed by atoms with Gasteiger partial charge in [0.15, 0.2) is 0 Å². The molecular formula is C18H23F2N3OS. The average molecular weight is 367 g/mol. The number of halogens is 2. The van der Waals surface area contributed by atoms with Gasteiger partial charge in [0.25, 0.3) is 6.43 Å². The highest BCUT2D eigenvalue weighted by atomic mass is 32.2. The lowest BCUT2D eigenvalue weighted by Gasteiger charge is -2.17. The van der Waals surface area contributed by atoms with Crippen LogP contribution in [0.1, 0.15) is 43.9 Å². The van der Waals surface area contributed by atoms with Crippen molar-refractivity contribution in [1.82, 2.24) is 14.7 Å². The van der Waals surface area contributed by atoms with Crippen LogP contribution in [0.5, 0.6) is 0 Å². The summed E-state index contributed by atoms with van der Waals surface area (Å²) in [7, 11) is 0. The highest BCUT2D eigenvalue weighted by Gasteiger charge is 2.23. The van der Waals surface area contributed by atoms with Crippen molar-refractivity contribution in [2.24, 2.45) is 0 Å². The number of carbonyl (C=O) groups excluding carboxylic acids is 1. The highest BCUT2D eigenvalue weighted by Crippen LogP contribution is 2.37. The molecule has 0 aliphatic rings. The second-order valence-corrected chi connectivity index (χ2v) is 6.61. The molecule has 0 N–H and O–H groups in total. The topological polar surface area (TPSA) is 38.1 Å². The number of carbonyl (C=O) groups is 1. The van der Waals surface area contributed by atoms with Crippen LogP contribution in [0.4, 0.5) is 13.6 Å². The Kier molecular flexibility index (Phi) is 6.58. The van der Waals surface area contributed by atoms with Crippen LogP contribution in [0.25, 0.3) is 0 Å². The fraction of sp³-hybridized carbons (Fsp3) is 0.444. The summed E-state index contributed by atoms with van der Waals surface area (Å²) in [6, 6.07) is 5.49. The summed E-state index contributed by atoms with van der Waals surface area (Å²) in [5, 5.41) is 4.35. The maximum absolute atomic E-state index is 13.5. The van der Waals surface area contributed by atoms with Gasteiger partial charge in [-0.05, 0) is 38.3 Å². The van der Waals surface area contributed by atoms with Gasteiger partial charge < -0.3 is 4.90 Å². The predicted molar refractivity (Wildman–Crippen MR) is 95.6 cm³/mol. The van der Waals surface area contributed by atoms with Crippen molar-refractivity contribution < 1.29 is 13.6 Å². The van der Waals surface area contributed by atoms with Crippen molar-refractivity contribution in [2.45, 2.75) is 50.5 Å². The third-order valence-electron chi connectivity index (χ3n) is 4.05. The molecule has 0 saturated carbocycles. The van der Waals surface area contributed by atoms with Gasteiger partial charge >= 0.3 is 6.03 Å². The van der Waals surface area contributed by atoms with Crippen molar-refractivity contribution >= 4 is 17.8 Å². The molecule has 0 spiro atoms. The van der Waals surface area contributed by atoms with Gasteiger partial charge in [0, 0.05) is 24.2 Å². The predicted octanol–water partition coefficient (Wildman–Crippen LogP) is 5.15. The Bertz CT molecular complexity index is 742. The summed E-state index contributed by atoms with van der Waals surface area (Å²) >= 11 is 1.20. The molecule has 1 heterocycles. The summed E-state index contributed by atoms with van der Waals surface area (Å²) in [5.74, 6) is 0. The normalized spacial score (nSPS) is 11.2. The lowest BCUT2D eigenvalue weighted by atomic mass is 10.1. The number of nitrogens with zero attached hydrogens (tertiary/aromatic N) is 3. The fourth-order valence-electron chi connectivity index (χ4n) is 2.57. The van der Waals surface area contributed by atoms with Crippen LogP contribution < -0.4 is 0 Å². The first-order chi connectivity index (χ1) is 11.9. The molecule has 0 atom stereocenters. The molecule has 0 aliphatic carbocycles. The number of amides is 1. The molecule has 136 valence electrons. The zero-order valence-electron chi connectivity index (χ0n) is 14.9. The van der Waals surface area contributed by atoms with E-state index in [1.165, 1.54) is 11.8 Å². The van der Waals surface area contributed by atoms with Gasteiger partial charge in [0.05, 0.1) is 5.56 Å². The molecule has 0 unspecified atom stereocenters.